The maximum atomic E-state index is 14.4. The summed E-state index contributed by atoms with van der Waals surface area (Å²) in [4.78, 5) is 29.8. The Hall–Kier alpha value is -5.66. The minimum absolute atomic E-state index is 0.0229. The van der Waals surface area contributed by atoms with Gasteiger partial charge >= 0.3 is 5.97 Å². The van der Waals surface area contributed by atoms with E-state index in [-0.39, 0.29) is 18.7 Å². The molecule has 0 fully saturated rings. The lowest BCUT2D eigenvalue weighted by Crippen LogP contribution is -2.32. The van der Waals surface area contributed by atoms with Gasteiger partial charge in [0.2, 0.25) is 5.91 Å². The number of hydrogen-bond donors (Lipinski definition) is 0. The molecule has 0 aliphatic rings. The number of nitrogens with zero attached hydrogens (tertiary/aromatic N) is 1. The van der Waals surface area contributed by atoms with Crippen molar-refractivity contribution in [1.29, 1.82) is 0 Å². The zero-order chi connectivity index (χ0) is 35.5. The first kappa shape index (κ1) is 34.8. The van der Waals surface area contributed by atoms with Crippen LogP contribution in [-0.4, -0.2) is 11.9 Å². The molecule has 0 unspecified atom stereocenters. The molecule has 0 bridgehead atoms. The predicted octanol–water partition coefficient (Wildman–Crippen LogP) is 8.25. The molecule has 254 valence electrons. The van der Waals surface area contributed by atoms with E-state index in [0.29, 0.717) is 5.75 Å². The number of para-hydroxylation sites is 3. The van der Waals surface area contributed by atoms with Gasteiger partial charge in [-0.2, -0.15) is 0 Å². The van der Waals surface area contributed by atoms with Crippen molar-refractivity contribution in [2.24, 2.45) is 0 Å². The van der Waals surface area contributed by atoms with E-state index in [0.717, 1.165) is 32.6 Å². The van der Waals surface area contributed by atoms with Gasteiger partial charge in [-0.15, -0.1) is 0 Å². The molecule has 0 heterocycles. The molecule has 0 aliphatic carbocycles. The van der Waals surface area contributed by atoms with E-state index in [4.69, 9.17) is 4.74 Å². The second-order valence-corrected chi connectivity index (χ2v) is 16.4. The number of rotatable bonds is 12. The van der Waals surface area contributed by atoms with Gasteiger partial charge < -0.3 is 4.74 Å². The van der Waals surface area contributed by atoms with Gasteiger partial charge in [-0.05, 0) is 61.3 Å². The van der Waals surface area contributed by atoms with Crippen LogP contribution in [0, 0.1) is 0 Å². The average molecular weight is 714 g/mol. The minimum atomic E-state index is -1.00. The van der Waals surface area contributed by atoms with Crippen LogP contribution in [0.15, 0.2) is 200 Å². The molecule has 0 aromatic heterocycles. The molecule has 0 saturated carbocycles. The number of hydrogen-bond acceptors (Lipinski definition) is 3. The highest BCUT2D eigenvalue weighted by Gasteiger charge is 2.27. The normalized spacial score (nSPS) is 11.0. The fraction of sp³-hybridized carbons (Fsp3) is 0.0435. The van der Waals surface area contributed by atoms with E-state index in [1.54, 1.807) is 4.90 Å². The highest BCUT2D eigenvalue weighted by atomic mass is 31.1. The summed E-state index contributed by atoms with van der Waals surface area (Å²) < 4.78 is 6.10. The van der Waals surface area contributed by atoms with Gasteiger partial charge in [0.1, 0.15) is 5.75 Å². The van der Waals surface area contributed by atoms with E-state index in [1.165, 1.54) is 10.6 Å². The van der Waals surface area contributed by atoms with Gasteiger partial charge in [0.15, 0.2) is 0 Å². The zero-order valence-corrected chi connectivity index (χ0v) is 30.3. The van der Waals surface area contributed by atoms with Crippen molar-refractivity contribution in [3.8, 4) is 5.75 Å². The first-order valence-corrected chi connectivity index (χ1v) is 19.9. The summed E-state index contributed by atoms with van der Waals surface area (Å²) in [6, 6.07) is 67.0. The highest BCUT2D eigenvalue weighted by molar-refractivity contribution is 7.80. The maximum Gasteiger partial charge on any atom is 0.311 e. The van der Waals surface area contributed by atoms with Crippen LogP contribution in [0.3, 0.4) is 0 Å². The third-order valence-corrected chi connectivity index (χ3v) is 13.5. The average Bonchev–Trinajstić information content (AvgIpc) is 3.21. The van der Waals surface area contributed by atoms with Crippen molar-refractivity contribution in [3.63, 3.8) is 0 Å². The fourth-order valence-electron chi connectivity index (χ4n) is 6.22. The van der Waals surface area contributed by atoms with E-state index in [9.17, 15) is 9.59 Å². The van der Waals surface area contributed by atoms with Gasteiger partial charge in [0.25, 0.3) is 0 Å². The Morgan fingerprint density at radius 3 is 1.31 bits per heavy atom. The van der Waals surface area contributed by atoms with Gasteiger partial charge in [-0.3, -0.25) is 14.5 Å². The lowest BCUT2D eigenvalue weighted by Gasteiger charge is -2.29. The molecule has 4 nitrogen and oxygen atoms in total. The zero-order valence-electron chi connectivity index (χ0n) is 28.5. The summed E-state index contributed by atoms with van der Waals surface area (Å²) in [5, 5.41) is 6.69. The smallest absolute Gasteiger partial charge is 0.311 e. The Morgan fingerprint density at radius 2 is 0.808 bits per heavy atom. The molecular formula is C46H37NO3P2. The quantitative estimate of drug-likeness (QED) is 0.0728. The summed E-state index contributed by atoms with van der Waals surface area (Å²) in [6.45, 7) is 0. The molecule has 1 amide bonds. The molecule has 0 radical (unpaired) electrons. The van der Waals surface area contributed by atoms with Crippen LogP contribution >= 0.6 is 15.8 Å². The number of ether oxygens (including phenoxy) is 1. The molecule has 7 rings (SSSR count). The van der Waals surface area contributed by atoms with Crippen LogP contribution in [0.2, 0.25) is 0 Å². The van der Waals surface area contributed by atoms with Crippen LogP contribution in [-0.2, 0) is 9.59 Å². The van der Waals surface area contributed by atoms with E-state index >= 15 is 0 Å². The highest BCUT2D eigenvalue weighted by Crippen LogP contribution is 2.39. The number of benzene rings is 7. The fourth-order valence-corrected chi connectivity index (χ4v) is 11.0. The monoisotopic (exact) mass is 713 g/mol. The molecule has 0 aliphatic heterocycles. The Morgan fingerprint density at radius 1 is 0.423 bits per heavy atom. The Bertz CT molecular complexity index is 2140. The van der Waals surface area contributed by atoms with E-state index < -0.39 is 21.8 Å². The van der Waals surface area contributed by atoms with Crippen molar-refractivity contribution in [2.75, 3.05) is 4.90 Å². The Labute approximate surface area is 307 Å². The van der Waals surface area contributed by atoms with Crippen molar-refractivity contribution in [3.05, 3.63) is 200 Å². The number of carbonyl (C=O) groups excluding carboxylic acids is 2. The maximum absolute atomic E-state index is 14.4. The lowest BCUT2D eigenvalue weighted by atomic mass is 10.2. The molecule has 0 N–H and O–H groups in total. The minimum Gasteiger partial charge on any atom is -0.426 e. The molecule has 0 atom stereocenters. The van der Waals surface area contributed by atoms with Gasteiger partial charge in [0.05, 0.1) is 12.1 Å². The third kappa shape index (κ3) is 8.11. The molecule has 7 aromatic carbocycles. The molecular weight excluding hydrogens is 676 g/mol. The summed E-state index contributed by atoms with van der Waals surface area (Å²) >= 11 is 0. The SMILES string of the molecule is O=C(CCC(=O)N(c1ccccc1)c1ccccc1P(c1ccccc1)c1ccccc1)Oc1ccccc1P(c1ccccc1)c1ccccc1. The van der Waals surface area contributed by atoms with Crippen LogP contribution in [0.25, 0.3) is 0 Å². The number of anilines is 2. The summed E-state index contributed by atoms with van der Waals surface area (Å²) in [6.07, 6.45) is -0.0929. The molecule has 0 spiro atoms. The molecule has 7 aromatic rings. The topological polar surface area (TPSA) is 46.6 Å². The second kappa shape index (κ2) is 17.0. The summed E-state index contributed by atoms with van der Waals surface area (Å²) in [5.74, 6) is -0.120. The van der Waals surface area contributed by atoms with Crippen molar-refractivity contribution in [2.45, 2.75) is 12.8 Å². The number of carbonyl (C=O) groups is 2. The van der Waals surface area contributed by atoms with E-state index in [1.807, 2.05) is 121 Å². The number of amides is 1. The van der Waals surface area contributed by atoms with Crippen LogP contribution in [0.1, 0.15) is 12.8 Å². The van der Waals surface area contributed by atoms with Gasteiger partial charge in [0, 0.05) is 22.7 Å². The van der Waals surface area contributed by atoms with Crippen molar-refractivity contribution < 1.29 is 14.3 Å². The third-order valence-electron chi connectivity index (χ3n) is 8.56. The van der Waals surface area contributed by atoms with Crippen LogP contribution in [0.4, 0.5) is 11.4 Å². The predicted molar refractivity (Wildman–Crippen MR) is 219 cm³/mol. The first-order chi connectivity index (χ1) is 25.7. The van der Waals surface area contributed by atoms with Crippen molar-refractivity contribution >= 4 is 70.9 Å². The molecule has 6 heteroatoms. The first-order valence-electron chi connectivity index (χ1n) is 17.2. The van der Waals surface area contributed by atoms with E-state index in [2.05, 4.69) is 78.9 Å². The van der Waals surface area contributed by atoms with Gasteiger partial charge in [-0.1, -0.05) is 176 Å². The standard InChI is InChI=1S/C46H37NO3P2/c48-45(34-35-46(49)50-42-31-17-19-33-44(42)52(39-26-12-4-13-27-39)40-28-14-5-15-29-40)47(36-20-6-1-7-21-36)41-30-16-18-32-43(41)51(37-22-8-2-9-23-37)38-24-10-3-11-25-38/h1-33H,34-35H2. The second-order valence-electron chi connectivity index (χ2n) is 12.0. The largest absolute Gasteiger partial charge is 0.426 e. The van der Waals surface area contributed by atoms with Crippen LogP contribution in [0.5, 0.6) is 5.75 Å². The van der Waals surface area contributed by atoms with Gasteiger partial charge in [-0.25, -0.2) is 0 Å². The van der Waals surface area contributed by atoms with Crippen molar-refractivity contribution in [1.82, 2.24) is 0 Å². The molecule has 0 saturated heterocycles. The lowest BCUT2D eigenvalue weighted by molar-refractivity contribution is -0.136. The Balaban J connectivity index is 1.18. The number of esters is 1. The Kier molecular flexibility index (Phi) is 11.4. The van der Waals surface area contributed by atoms with Crippen LogP contribution < -0.4 is 41.5 Å². The summed E-state index contributed by atoms with van der Waals surface area (Å²) in [5.41, 5.74) is 1.54. The summed E-state index contributed by atoms with van der Waals surface area (Å²) in [7, 11) is -1.99. The molecule has 52 heavy (non-hydrogen) atoms.